The van der Waals surface area contributed by atoms with Gasteiger partial charge in [-0.15, -0.1) is 11.3 Å². The van der Waals surface area contributed by atoms with Crippen LogP contribution in [-0.2, 0) is 4.74 Å². The first kappa shape index (κ1) is 21.4. The minimum Gasteiger partial charge on any atom is -0.377 e. The van der Waals surface area contributed by atoms with Crippen molar-refractivity contribution in [3.8, 4) is 16.1 Å². The molecule has 1 aliphatic heterocycles. The molecule has 4 nitrogen and oxygen atoms in total. The van der Waals surface area contributed by atoms with Crippen LogP contribution in [0.25, 0.3) is 26.3 Å². The van der Waals surface area contributed by atoms with E-state index in [1.165, 1.54) is 17.8 Å². The summed E-state index contributed by atoms with van der Waals surface area (Å²) in [6.45, 7) is 4.93. The van der Waals surface area contributed by atoms with Gasteiger partial charge in [0.1, 0.15) is 4.70 Å². The Balaban J connectivity index is 1.64. The molecule has 2 aromatic heterocycles. The van der Waals surface area contributed by atoms with E-state index < -0.39 is 0 Å². The first-order valence-corrected chi connectivity index (χ1v) is 12.8. The second-order valence-electron chi connectivity index (χ2n) is 8.32. The Kier molecular flexibility index (Phi) is 6.17. The van der Waals surface area contributed by atoms with E-state index in [1.807, 2.05) is 35.8 Å². The summed E-state index contributed by atoms with van der Waals surface area (Å²) in [5.41, 5.74) is 4.98. The number of ether oxygens (including phenoxy) is 1. The van der Waals surface area contributed by atoms with Gasteiger partial charge >= 0.3 is 0 Å². The molecule has 6 heteroatoms. The summed E-state index contributed by atoms with van der Waals surface area (Å²) in [5.74, 6) is 0.804. The number of benzene rings is 2. The Bertz CT molecular complexity index is 1300. The summed E-state index contributed by atoms with van der Waals surface area (Å²) < 4.78 is 8.44. The zero-order valence-electron chi connectivity index (χ0n) is 18.3. The highest BCUT2D eigenvalue weighted by molar-refractivity contribution is 7.99. The Morgan fingerprint density at radius 1 is 1.12 bits per heavy atom. The van der Waals surface area contributed by atoms with E-state index in [0.717, 1.165) is 63.1 Å². The molecule has 2 aromatic carbocycles. The fourth-order valence-corrected chi connectivity index (χ4v) is 6.18. The molecule has 32 heavy (non-hydrogen) atoms. The van der Waals surface area contributed by atoms with Gasteiger partial charge in [0.15, 0.2) is 5.16 Å². The zero-order valence-corrected chi connectivity index (χ0v) is 20.0. The molecule has 1 saturated heterocycles. The molecule has 0 spiro atoms. The van der Waals surface area contributed by atoms with E-state index in [9.17, 15) is 4.79 Å². The first-order valence-electron chi connectivity index (χ1n) is 11.0. The molecule has 1 aliphatic rings. The smallest absolute Gasteiger partial charge is 0.276 e. The highest BCUT2D eigenvalue weighted by Gasteiger charge is 2.20. The van der Waals surface area contributed by atoms with Crippen LogP contribution in [0.15, 0.2) is 64.5 Å². The highest BCUT2D eigenvalue weighted by Crippen LogP contribution is 2.33. The maximum atomic E-state index is 13.8. The van der Waals surface area contributed by atoms with Gasteiger partial charge in [-0.3, -0.25) is 9.36 Å². The first-order chi connectivity index (χ1) is 15.6. The predicted molar refractivity (Wildman–Crippen MR) is 134 cm³/mol. The predicted octanol–water partition coefficient (Wildman–Crippen LogP) is 6.39. The number of rotatable bonds is 5. The summed E-state index contributed by atoms with van der Waals surface area (Å²) in [5, 5.41) is 0.739. The summed E-state index contributed by atoms with van der Waals surface area (Å²) in [6.07, 6.45) is 3.62. The van der Waals surface area contributed by atoms with Crippen LogP contribution >= 0.6 is 23.1 Å². The Hall–Kier alpha value is -2.41. The Morgan fingerprint density at radius 2 is 1.97 bits per heavy atom. The van der Waals surface area contributed by atoms with Crippen molar-refractivity contribution in [2.75, 3.05) is 12.4 Å². The van der Waals surface area contributed by atoms with E-state index in [-0.39, 0.29) is 11.7 Å². The lowest BCUT2D eigenvalue weighted by Gasteiger charge is -2.22. The lowest BCUT2D eigenvalue weighted by Crippen LogP contribution is -2.24. The van der Waals surface area contributed by atoms with Crippen LogP contribution in [0.5, 0.6) is 0 Å². The molecule has 4 aromatic rings. The van der Waals surface area contributed by atoms with Gasteiger partial charge in [-0.1, -0.05) is 54.2 Å². The number of hydrogen-bond donors (Lipinski definition) is 0. The largest absolute Gasteiger partial charge is 0.377 e. The van der Waals surface area contributed by atoms with Gasteiger partial charge in [-0.25, -0.2) is 4.98 Å². The maximum Gasteiger partial charge on any atom is 0.276 e. The molecular weight excluding hydrogens is 436 g/mol. The molecule has 0 saturated carbocycles. The van der Waals surface area contributed by atoms with E-state index in [2.05, 4.69) is 37.3 Å². The topological polar surface area (TPSA) is 44.1 Å². The average Bonchev–Trinajstić information content (AvgIpc) is 3.26. The minimum absolute atomic E-state index is 0.00273. The standard InChI is InChI=1S/C26H26N2O2S2/c1-17-11-12-18(2)22(14-17)28-25(29)24-21(15-23(32-24)19-8-4-3-5-9-19)27-26(28)31-16-20-10-6-7-13-30-20/h3-5,8-9,11-12,14-15,20H,6-7,10,13,16H2,1-2H3/t20-/m0/s1. The molecule has 0 aliphatic carbocycles. The molecule has 3 heterocycles. The van der Waals surface area contributed by atoms with E-state index in [4.69, 9.17) is 9.72 Å². The number of fused-ring (bicyclic) bond motifs is 1. The van der Waals surface area contributed by atoms with Crippen molar-refractivity contribution in [1.82, 2.24) is 9.55 Å². The highest BCUT2D eigenvalue weighted by atomic mass is 32.2. The Labute approximate surface area is 196 Å². The molecular formula is C26H26N2O2S2. The van der Waals surface area contributed by atoms with Crippen molar-refractivity contribution in [2.45, 2.75) is 44.4 Å². The second kappa shape index (κ2) is 9.22. The number of hydrogen-bond acceptors (Lipinski definition) is 5. The molecule has 1 fully saturated rings. The molecule has 0 bridgehead atoms. The van der Waals surface area contributed by atoms with Gasteiger partial charge in [0.05, 0.1) is 17.3 Å². The lowest BCUT2D eigenvalue weighted by atomic mass is 10.1. The van der Waals surface area contributed by atoms with Crippen LogP contribution in [0.3, 0.4) is 0 Å². The van der Waals surface area contributed by atoms with Crippen molar-refractivity contribution in [2.24, 2.45) is 0 Å². The van der Waals surface area contributed by atoms with E-state index in [1.54, 1.807) is 11.8 Å². The van der Waals surface area contributed by atoms with Gasteiger partial charge in [0, 0.05) is 17.2 Å². The molecule has 0 unspecified atom stereocenters. The minimum atomic E-state index is 0.00273. The van der Waals surface area contributed by atoms with Crippen LogP contribution in [0, 0.1) is 13.8 Å². The fourth-order valence-electron chi connectivity index (χ4n) is 4.08. The Morgan fingerprint density at radius 3 is 2.75 bits per heavy atom. The second-order valence-corrected chi connectivity index (χ2v) is 10.4. The van der Waals surface area contributed by atoms with Crippen LogP contribution in [0.2, 0.25) is 0 Å². The maximum absolute atomic E-state index is 13.8. The van der Waals surface area contributed by atoms with Gasteiger partial charge < -0.3 is 4.74 Å². The van der Waals surface area contributed by atoms with E-state index >= 15 is 0 Å². The molecule has 5 rings (SSSR count). The lowest BCUT2D eigenvalue weighted by molar-refractivity contribution is 0.0315. The van der Waals surface area contributed by atoms with Gasteiger partial charge in [0.25, 0.3) is 5.56 Å². The summed E-state index contributed by atoms with van der Waals surface area (Å²) in [4.78, 5) is 19.9. The van der Waals surface area contributed by atoms with Crippen molar-refractivity contribution in [3.63, 3.8) is 0 Å². The quantitative estimate of drug-likeness (QED) is 0.255. The van der Waals surface area contributed by atoms with Gasteiger partial charge in [-0.05, 0) is 61.9 Å². The van der Waals surface area contributed by atoms with Crippen molar-refractivity contribution in [3.05, 3.63) is 76.1 Å². The third-order valence-electron chi connectivity index (χ3n) is 5.85. The summed E-state index contributed by atoms with van der Waals surface area (Å²) >= 11 is 3.15. The van der Waals surface area contributed by atoms with E-state index in [0.29, 0.717) is 4.70 Å². The van der Waals surface area contributed by atoms with Crippen molar-refractivity contribution >= 4 is 33.3 Å². The molecule has 1 atom stereocenters. The molecule has 0 amide bonds. The number of nitrogens with zero attached hydrogens (tertiary/aromatic N) is 2. The third kappa shape index (κ3) is 4.27. The number of thioether (sulfide) groups is 1. The van der Waals surface area contributed by atoms with Gasteiger partial charge in [0.2, 0.25) is 0 Å². The number of thiophene rings is 1. The summed E-state index contributed by atoms with van der Waals surface area (Å²) in [6, 6.07) is 18.5. The SMILES string of the molecule is Cc1ccc(C)c(-n2c(SC[C@@H]3CCCCO3)nc3cc(-c4ccccc4)sc3c2=O)c1. The third-order valence-corrected chi connectivity index (χ3v) is 8.09. The fraction of sp³-hybridized carbons (Fsp3) is 0.308. The summed E-state index contributed by atoms with van der Waals surface area (Å²) in [7, 11) is 0. The normalized spacial score (nSPS) is 16.5. The number of aryl methyl sites for hydroxylation is 2. The zero-order chi connectivity index (χ0) is 22.1. The van der Waals surface area contributed by atoms with Crippen LogP contribution in [0.4, 0.5) is 0 Å². The van der Waals surface area contributed by atoms with Crippen LogP contribution in [0.1, 0.15) is 30.4 Å². The molecule has 0 N–H and O–H groups in total. The monoisotopic (exact) mass is 462 g/mol. The molecule has 0 radical (unpaired) electrons. The van der Waals surface area contributed by atoms with Crippen LogP contribution < -0.4 is 5.56 Å². The number of aromatic nitrogens is 2. The van der Waals surface area contributed by atoms with Crippen molar-refractivity contribution in [1.29, 1.82) is 0 Å². The molecule has 164 valence electrons. The van der Waals surface area contributed by atoms with Crippen molar-refractivity contribution < 1.29 is 4.74 Å². The average molecular weight is 463 g/mol. The van der Waals surface area contributed by atoms with Gasteiger partial charge in [-0.2, -0.15) is 0 Å². The van der Waals surface area contributed by atoms with Crippen LogP contribution in [-0.4, -0.2) is 28.0 Å².